The van der Waals surface area contributed by atoms with Crippen molar-refractivity contribution in [2.45, 2.75) is 58.2 Å². The number of thiophene rings is 1. The van der Waals surface area contributed by atoms with E-state index in [0.717, 1.165) is 52.0 Å². The average Bonchev–Trinajstić information content (AvgIpc) is 3.44. The normalized spacial score (nSPS) is 17.4. The van der Waals surface area contributed by atoms with Gasteiger partial charge in [-0.1, -0.05) is 13.2 Å². The van der Waals surface area contributed by atoms with Crippen LogP contribution >= 0.6 is 11.3 Å². The van der Waals surface area contributed by atoms with Crippen LogP contribution in [0.2, 0.25) is 0 Å². The van der Waals surface area contributed by atoms with Crippen LogP contribution in [0.3, 0.4) is 0 Å². The predicted molar refractivity (Wildman–Crippen MR) is 148 cm³/mol. The van der Waals surface area contributed by atoms with Gasteiger partial charge < -0.3 is 20.4 Å². The first-order valence-corrected chi connectivity index (χ1v) is 13.3. The highest BCUT2D eigenvalue weighted by molar-refractivity contribution is 7.21. The van der Waals surface area contributed by atoms with Gasteiger partial charge in [-0.05, 0) is 75.9 Å². The van der Waals surface area contributed by atoms with Crippen LogP contribution in [0.15, 0.2) is 43.1 Å². The third kappa shape index (κ3) is 4.67. The van der Waals surface area contributed by atoms with E-state index in [0.29, 0.717) is 15.9 Å². The van der Waals surface area contributed by atoms with Gasteiger partial charge in [0.25, 0.3) is 5.91 Å². The van der Waals surface area contributed by atoms with E-state index >= 15 is 0 Å². The fourth-order valence-corrected chi connectivity index (χ4v) is 6.12. The quantitative estimate of drug-likeness (QED) is 0.318. The first-order chi connectivity index (χ1) is 17.8. The highest BCUT2D eigenvalue weighted by Gasteiger charge is 2.31. The zero-order chi connectivity index (χ0) is 26.3. The van der Waals surface area contributed by atoms with E-state index in [-0.39, 0.29) is 30.0 Å². The third-order valence-electron chi connectivity index (χ3n) is 6.68. The minimum absolute atomic E-state index is 0.0902. The lowest BCUT2D eigenvalue weighted by Gasteiger charge is -2.21. The lowest BCUT2D eigenvalue weighted by Crippen LogP contribution is -2.48. The fourth-order valence-electron chi connectivity index (χ4n) is 5.10. The molecular weight excluding hydrogens is 486 g/mol. The molecule has 192 valence electrons. The van der Waals surface area contributed by atoms with Crippen LogP contribution in [0.5, 0.6) is 5.75 Å². The van der Waals surface area contributed by atoms with Crippen molar-refractivity contribution in [3.8, 4) is 11.4 Å². The topological polar surface area (TPSA) is 101 Å². The molecular formula is C28H31N5O3S. The van der Waals surface area contributed by atoms with E-state index in [1.54, 1.807) is 6.20 Å². The molecule has 8 nitrogen and oxygen atoms in total. The number of aryl methyl sites for hydroxylation is 1. The number of aromatic nitrogens is 3. The second-order valence-electron chi connectivity index (χ2n) is 9.67. The van der Waals surface area contributed by atoms with E-state index in [1.807, 2.05) is 45.0 Å². The molecule has 3 heterocycles. The Labute approximate surface area is 219 Å². The van der Waals surface area contributed by atoms with Gasteiger partial charge in [0.15, 0.2) is 0 Å². The van der Waals surface area contributed by atoms with Crippen LogP contribution in [-0.4, -0.2) is 44.5 Å². The molecule has 4 aromatic rings. The summed E-state index contributed by atoms with van der Waals surface area (Å²) in [5.41, 5.74) is 4.28. The summed E-state index contributed by atoms with van der Waals surface area (Å²) in [6, 6.07) is 7.69. The van der Waals surface area contributed by atoms with Gasteiger partial charge in [-0.25, -0.2) is 4.98 Å². The van der Waals surface area contributed by atoms with Crippen molar-refractivity contribution in [2.75, 3.05) is 0 Å². The van der Waals surface area contributed by atoms with Crippen molar-refractivity contribution in [1.29, 1.82) is 0 Å². The van der Waals surface area contributed by atoms with Crippen molar-refractivity contribution >= 4 is 51.0 Å². The van der Waals surface area contributed by atoms with Crippen molar-refractivity contribution in [3.05, 3.63) is 59.0 Å². The van der Waals surface area contributed by atoms with E-state index in [1.165, 1.54) is 17.4 Å². The number of rotatable bonds is 7. The maximum atomic E-state index is 13.5. The number of benzene rings is 1. The van der Waals surface area contributed by atoms with Crippen LogP contribution in [0, 0.1) is 6.92 Å². The number of ether oxygens (including phenoxy) is 1. The molecule has 37 heavy (non-hydrogen) atoms. The second-order valence-corrected chi connectivity index (χ2v) is 10.7. The van der Waals surface area contributed by atoms with Gasteiger partial charge >= 0.3 is 0 Å². The van der Waals surface area contributed by atoms with Crippen LogP contribution in [0.25, 0.3) is 33.5 Å². The van der Waals surface area contributed by atoms with Gasteiger partial charge in [0.05, 0.1) is 28.2 Å². The Morgan fingerprint density at radius 3 is 2.70 bits per heavy atom. The summed E-state index contributed by atoms with van der Waals surface area (Å²) < 4.78 is 7.91. The number of carbonyl (C=O) groups is 2. The van der Waals surface area contributed by atoms with Crippen LogP contribution in [0.1, 0.15) is 48.3 Å². The molecule has 0 radical (unpaired) electrons. The summed E-state index contributed by atoms with van der Waals surface area (Å²) >= 11 is 1.35. The first kappa shape index (κ1) is 24.8. The number of carbonyl (C=O) groups excluding carboxylic acids is 2. The molecule has 1 aliphatic carbocycles. The molecule has 0 aliphatic heterocycles. The Hall–Kier alpha value is -3.85. The molecule has 3 aromatic heterocycles. The largest absolute Gasteiger partial charge is 0.491 e. The maximum absolute atomic E-state index is 13.5. The number of H-pyrrole nitrogens is 1. The van der Waals surface area contributed by atoms with Gasteiger partial charge in [-0.3, -0.25) is 14.2 Å². The Morgan fingerprint density at radius 1 is 1.24 bits per heavy atom. The molecule has 0 spiro atoms. The fraction of sp³-hybridized carbons (Fsp3) is 0.321. The van der Waals surface area contributed by atoms with E-state index in [4.69, 9.17) is 4.74 Å². The molecule has 3 N–H and O–H groups in total. The van der Waals surface area contributed by atoms with Crippen molar-refractivity contribution in [2.24, 2.45) is 0 Å². The number of amides is 2. The van der Waals surface area contributed by atoms with Gasteiger partial charge in [0.1, 0.15) is 20.9 Å². The van der Waals surface area contributed by atoms with E-state index in [9.17, 15) is 9.59 Å². The highest BCUT2D eigenvalue weighted by Crippen LogP contribution is 2.34. The summed E-state index contributed by atoms with van der Waals surface area (Å²) in [4.78, 5) is 34.5. The van der Waals surface area contributed by atoms with Gasteiger partial charge in [-0.2, -0.15) is 0 Å². The number of hydrogen-bond donors (Lipinski definition) is 3. The number of nitrogens with zero attached hydrogens (tertiary/aromatic N) is 2. The first-order valence-electron chi connectivity index (χ1n) is 12.5. The molecule has 1 aromatic carbocycles. The van der Waals surface area contributed by atoms with Gasteiger partial charge in [0.2, 0.25) is 5.91 Å². The summed E-state index contributed by atoms with van der Waals surface area (Å²) in [6.45, 7) is 13.9. The van der Waals surface area contributed by atoms with Crippen LogP contribution in [0.4, 0.5) is 0 Å². The lowest BCUT2D eigenvalue weighted by molar-refractivity contribution is -0.117. The zero-order valence-corrected chi connectivity index (χ0v) is 22.1. The molecule has 9 heteroatoms. The lowest BCUT2D eigenvalue weighted by atomic mass is 10.1. The highest BCUT2D eigenvalue weighted by atomic mass is 32.1. The number of pyridine rings is 1. The van der Waals surface area contributed by atoms with Crippen molar-refractivity contribution in [3.63, 3.8) is 0 Å². The number of nitrogens with one attached hydrogen (secondary N) is 3. The molecule has 1 saturated carbocycles. The molecule has 1 aliphatic rings. The summed E-state index contributed by atoms with van der Waals surface area (Å²) in [6.07, 6.45) is 5.67. The molecule has 1 unspecified atom stereocenters. The molecule has 0 bridgehead atoms. The Morgan fingerprint density at radius 2 is 2.00 bits per heavy atom. The molecule has 5 rings (SSSR count). The number of hydrogen-bond acceptors (Lipinski definition) is 5. The van der Waals surface area contributed by atoms with Crippen LogP contribution < -0.4 is 20.9 Å². The standard InChI is InChI=1S/C28H31N5O3S/c1-6-23(34)31-19-8-7-9-20(19)32-27(35)26-25-24-22(12-13-29-28(24)37-26)33(17(5)30-25)21-11-10-18(14-16(21)4)36-15(2)3/h6,10-15,19-20,30H,1,5,7-9H2,2-4H3,(H,31,34)(H,32,35)/t19-,20?/m1/s1. The van der Waals surface area contributed by atoms with Crippen LogP contribution in [-0.2, 0) is 4.79 Å². The third-order valence-corrected chi connectivity index (χ3v) is 7.78. The Kier molecular flexibility index (Phi) is 6.64. The molecule has 2 atom stereocenters. The van der Waals surface area contributed by atoms with Gasteiger partial charge in [0, 0.05) is 18.3 Å². The van der Waals surface area contributed by atoms with E-state index < -0.39 is 0 Å². The minimum Gasteiger partial charge on any atom is -0.491 e. The smallest absolute Gasteiger partial charge is 0.263 e. The molecule has 0 saturated heterocycles. The SMILES string of the molecule is C=CC(=O)N[C@@H]1CCCC1NC(=O)c1sc2nccc3c2c1[nH]c(=C)n3-c1ccc(OC(C)C)cc1C. The number of aromatic amines is 1. The molecule has 1 fully saturated rings. The second kappa shape index (κ2) is 9.89. The zero-order valence-electron chi connectivity index (χ0n) is 21.3. The summed E-state index contributed by atoms with van der Waals surface area (Å²) in [5, 5.41) is 6.96. The predicted octanol–water partition coefficient (Wildman–Crippen LogP) is 4.31. The summed E-state index contributed by atoms with van der Waals surface area (Å²) in [5.74, 6) is 0.402. The van der Waals surface area contributed by atoms with Crippen molar-refractivity contribution < 1.29 is 14.3 Å². The average molecular weight is 518 g/mol. The van der Waals surface area contributed by atoms with Crippen molar-refractivity contribution in [1.82, 2.24) is 25.2 Å². The minimum atomic E-state index is -0.228. The Balaban J connectivity index is 1.54. The monoisotopic (exact) mass is 517 g/mol. The maximum Gasteiger partial charge on any atom is 0.263 e. The van der Waals surface area contributed by atoms with Gasteiger partial charge in [-0.15, -0.1) is 11.3 Å². The molecule has 2 amide bonds. The summed E-state index contributed by atoms with van der Waals surface area (Å²) in [7, 11) is 0. The van der Waals surface area contributed by atoms with E-state index in [2.05, 4.69) is 38.3 Å². The Bertz CT molecular complexity index is 1580.